The van der Waals surface area contributed by atoms with Crippen molar-refractivity contribution >= 4 is 17.9 Å². The van der Waals surface area contributed by atoms with Crippen molar-refractivity contribution in [3.05, 3.63) is 34.9 Å². The van der Waals surface area contributed by atoms with Gasteiger partial charge in [-0.15, -0.1) is 0 Å². The quantitative estimate of drug-likeness (QED) is 0.420. The van der Waals surface area contributed by atoms with Gasteiger partial charge in [0.25, 0.3) is 0 Å². The van der Waals surface area contributed by atoms with Crippen LogP contribution in [-0.4, -0.2) is 70.5 Å². The van der Waals surface area contributed by atoms with Crippen LogP contribution in [0.3, 0.4) is 0 Å². The zero-order chi connectivity index (χ0) is 26.2. The van der Waals surface area contributed by atoms with E-state index >= 15 is 0 Å². The molecule has 1 saturated carbocycles. The number of carbonyl (C=O) groups is 3. The highest BCUT2D eigenvalue weighted by molar-refractivity contribution is 5.92. The van der Waals surface area contributed by atoms with Crippen molar-refractivity contribution in [2.75, 3.05) is 19.8 Å². The molecule has 1 fully saturated rings. The summed E-state index contributed by atoms with van der Waals surface area (Å²) in [5, 5.41) is 25.2. The van der Waals surface area contributed by atoms with E-state index in [2.05, 4.69) is 10.6 Å². The first-order valence-corrected chi connectivity index (χ1v) is 12.4. The molecule has 0 saturated heterocycles. The third kappa shape index (κ3) is 8.50. The second-order valence-corrected chi connectivity index (χ2v) is 10.2. The number of ether oxygens (including phenoxy) is 1. The van der Waals surface area contributed by atoms with Crippen LogP contribution in [-0.2, 0) is 14.3 Å². The summed E-state index contributed by atoms with van der Waals surface area (Å²) < 4.78 is 5.23. The highest BCUT2D eigenvalue weighted by Gasteiger charge is 2.37. The first kappa shape index (κ1) is 28.6. The molecule has 2 atom stereocenters. The van der Waals surface area contributed by atoms with Crippen molar-refractivity contribution in [3.8, 4) is 0 Å². The Hall–Kier alpha value is -2.65. The van der Waals surface area contributed by atoms with E-state index in [-0.39, 0.29) is 18.5 Å². The molecule has 3 amide bonds. The molecule has 0 heterocycles. The van der Waals surface area contributed by atoms with Gasteiger partial charge in [0, 0.05) is 12.6 Å². The molecule has 0 spiro atoms. The van der Waals surface area contributed by atoms with E-state index in [0.29, 0.717) is 5.56 Å². The van der Waals surface area contributed by atoms with Crippen LogP contribution in [0.2, 0.25) is 0 Å². The molecular weight excluding hydrogens is 450 g/mol. The van der Waals surface area contributed by atoms with Crippen LogP contribution in [0.5, 0.6) is 0 Å². The van der Waals surface area contributed by atoms with E-state index in [4.69, 9.17) is 4.74 Å². The van der Waals surface area contributed by atoms with E-state index in [1.807, 2.05) is 32.0 Å². The van der Waals surface area contributed by atoms with Crippen molar-refractivity contribution in [2.24, 2.45) is 0 Å². The van der Waals surface area contributed by atoms with Crippen LogP contribution in [0.1, 0.15) is 75.6 Å². The lowest BCUT2D eigenvalue weighted by molar-refractivity contribution is -0.144. The summed E-state index contributed by atoms with van der Waals surface area (Å²) in [7, 11) is 0. The Morgan fingerprint density at radius 2 is 1.77 bits per heavy atom. The van der Waals surface area contributed by atoms with Gasteiger partial charge in [0.2, 0.25) is 11.8 Å². The third-order valence-electron chi connectivity index (χ3n) is 6.04. The fourth-order valence-corrected chi connectivity index (χ4v) is 4.34. The molecule has 0 aromatic heterocycles. The number of aliphatic hydroxyl groups excluding tert-OH is 2. The number of amides is 3. The smallest absolute Gasteiger partial charge is 0.408 e. The summed E-state index contributed by atoms with van der Waals surface area (Å²) in [4.78, 5) is 40.8. The monoisotopic (exact) mass is 491 g/mol. The van der Waals surface area contributed by atoms with Crippen LogP contribution in [0.25, 0.3) is 0 Å². The number of nitrogens with one attached hydrogen (secondary N) is 2. The summed E-state index contributed by atoms with van der Waals surface area (Å²) in [6.07, 6.45) is 4.09. The van der Waals surface area contributed by atoms with Gasteiger partial charge in [-0.2, -0.15) is 0 Å². The molecule has 1 aliphatic rings. The summed E-state index contributed by atoms with van der Waals surface area (Å²) in [5.41, 5.74) is 1.58. The predicted molar refractivity (Wildman–Crippen MR) is 133 cm³/mol. The molecule has 1 aliphatic carbocycles. The molecule has 1 aromatic carbocycles. The molecule has 2 unspecified atom stereocenters. The lowest BCUT2D eigenvalue weighted by atomic mass is 9.93. The first-order chi connectivity index (χ1) is 16.5. The van der Waals surface area contributed by atoms with Crippen LogP contribution in [0.4, 0.5) is 4.79 Å². The number of benzene rings is 1. The van der Waals surface area contributed by atoms with Crippen LogP contribution < -0.4 is 10.6 Å². The molecular formula is C26H41N3O6. The van der Waals surface area contributed by atoms with Gasteiger partial charge in [0.1, 0.15) is 17.7 Å². The van der Waals surface area contributed by atoms with Gasteiger partial charge >= 0.3 is 6.09 Å². The summed E-state index contributed by atoms with van der Waals surface area (Å²) in [6, 6.07) is 3.30. The van der Waals surface area contributed by atoms with Gasteiger partial charge in [0.05, 0.1) is 13.2 Å². The first-order valence-electron chi connectivity index (χ1n) is 12.4. The minimum atomic E-state index is -1.34. The fourth-order valence-electron chi connectivity index (χ4n) is 4.34. The number of hydrogen-bond donors (Lipinski definition) is 4. The summed E-state index contributed by atoms with van der Waals surface area (Å²) >= 11 is 0. The average Bonchev–Trinajstić information content (AvgIpc) is 2.78. The summed E-state index contributed by atoms with van der Waals surface area (Å²) in [6.45, 7) is 7.59. The molecule has 0 aliphatic heterocycles. The molecule has 4 N–H and O–H groups in total. The maximum Gasteiger partial charge on any atom is 0.408 e. The number of nitrogens with zero attached hydrogens (tertiary/aromatic N) is 1. The Morgan fingerprint density at radius 3 is 2.34 bits per heavy atom. The molecule has 9 nitrogen and oxygen atoms in total. The van der Waals surface area contributed by atoms with Crippen molar-refractivity contribution in [1.82, 2.24) is 15.5 Å². The minimum Gasteiger partial charge on any atom is -0.444 e. The Kier molecular flexibility index (Phi) is 10.5. The highest BCUT2D eigenvalue weighted by atomic mass is 16.6. The van der Waals surface area contributed by atoms with Crippen LogP contribution >= 0.6 is 0 Å². The second-order valence-electron chi connectivity index (χ2n) is 10.2. The Morgan fingerprint density at radius 1 is 1.11 bits per heavy atom. The second kappa shape index (κ2) is 12.9. The highest BCUT2D eigenvalue weighted by Crippen LogP contribution is 2.28. The zero-order valence-electron chi connectivity index (χ0n) is 21.6. The molecule has 0 bridgehead atoms. The van der Waals surface area contributed by atoms with E-state index in [0.717, 1.165) is 43.2 Å². The van der Waals surface area contributed by atoms with Crippen molar-refractivity contribution in [3.63, 3.8) is 0 Å². The summed E-state index contributed by atoms with van der Waals surface area (Å²) in [5.74, 6) is -1.03. The Balaban J connectivity index is 2.41. The van der Waals surface area contributed by atoms with Gasteiger partial charge in [-0.05, 0) is 58.6 Å². The largest absolute Gasteiger partial charge is 0.444 e. The maximum absolute atomic E-state index is 13.7. The van der Waals surface area contributed by atoms with Gasteiger partial charge in [-0.1, -0.05) is 43.0 Å². The predicted octanol–water partition coefficient (Wildman–Crippen LogP) is 2.50. The fraction of sp³-hybridized carbons (Fsp3) is 0.654. The lowest BCUT2D eigenvalue weighted by Crippen LogP contribution is -2.55. The number of rotatable bonds is 9. The lowest BCUT2D eigenvalue weighted by Gasteiger charge is -2.35. The van der Waals surface area contributed by atoms with Crippen LogP contribution in [0, 0.1) is 13.8 Å². The maximum atomic E-state index is 13.7. The van der Waals surface area contributed by atoms with E-state index < -0.39 is 42.9 Å². The topological polar surface area (TPSA) is 128 Å². The van der Waals surface area contributed by atoms with E-state index in [9.17, 15) is 24.6 Å². The van der Waals surface area contributed by atoms with Crippen molar-refractivity contribution in [2.45, 2.75) is 90.4 Å². The third-order valence-corrected chi connectivity index (χ3v) is 6.04. The van der Waals surface area contributed by atoms with Crippen molar-refractivity contribution in [1.29, 1.82) is 0 Å². The van der Waals surface area contributed by atoms with E-state index in [1.165, 1.54) is 4.90 Å². The van der Waals surface area contributed by atoms with Gasteiger partial charge < -0.3 is 30.5 Å². The van der Waals surface area contributed by atoms with E-state index in [1.54, 1.807) is 20.8 Å². The average molecular weight is 492 g/mol. The minimum absolute atomic E-state index is 0.0171. The Labute approximate surface area is 208 Å². The molecule has 1 aromatic rings. The van der Waals surface area contributed by atoms with Crippen molar-refractivity contribution < 1.29 is 29.3 Å². The van der Waals surface area contributed by atoms with Gasteiger partial charge in [0.15, 0.2) is 0 Å². The number of carbonyl (C=O) groups excluding carboxylic acids is 3. The zero-order valence-corrected chi connectivity index (χ0v) is 21.6. The molecule has 2 rings (SSSR count). The van der Waals surface area contributed by atoms with Gasteiger partial charge in [-0.3, -0.25) is 9.59 Å². The normalized spacial score (nSPS) is 16.2. The number of aliphatic hydroxyl groups is 2. The SMILES string of the molecule is Cc1ccc(C)c(C(C(=O)NC2CCCCC2)N(CCO)C(=O)C(CO)NC(=O)OC(C)(C)C)c1. The number of alkyl carbamates (subject to hydrolysis) is 1. The molecule has 35 heavy (non-hydrogen) atoms. The van der Waals surface area contributed by atoms with Gasteiger partial charge in [-0.25, -0.2) is 4.79 Å². The molecule has 196 valence electrons. The molecule has 9 heteroatoms. The number of aryl methyl sites for hydroxylation is 2. The standard InChI is InChI=1S/C26H41N3O6/c1-17-11-12-18(2)20(15-17)22(23(32)27-19-9-7-6-8-10-19)29(13-14-30)24(33)21(16-31)28-25(34)35-26(3,4)5/h11-12,15,19,21-22,30-31H,6-10,13-14,16H2,1-5H3,(H,27,32)(H,28,34). The van der Waals surface area contributed by atoms with Crippen LogP contribution in [0.15, 0.2) is 18.2 Å². The molecule has 0 radical (unpaired) electrons. The number of hydrogen-bond acceptors (Lipinski definition) is 6. The Bertz CT molecular complexity index is 876.